The number of carbonyl (C=O) groups is 3. The molecule has 1 unspecified atom stereocenters. The van der Waals surface area contributed by atoms with Gasteiger partial charge >= 0.3 is 6.03 Å². The van der Waals surface area contributed by atoms with E-state index < -0.39 is 17.9 Å². The highest BCUT2D eigenvalue weighted by Crippen LogP contribution is 2.16. The first kappa shape index (κ1) is 15.3. The van der Waals surface area contributed by atoms with E-state index in [-0.39, 0.29) is 12.5 Å². The Morgan fingerprint density at radius 3 is 2.61 bits per heavy atom. The van der Waals surface area contributed by atoms with Crippen LogP contribution >= 0.6 is 0 Å². The zero-order valence-corrected chi connectivity index (χ0v) is 12.9. The summed E-state index contributed by atoms with van der Waals surface area (Å²) in [6, 6.07) is 5.27. The molecule has 0 aliphatic carbocycles. The molecule has 8 heteroatoms. The van der Waals surface area contributed by atoms with Gasteiger partial charge in [-0.1, -0.05) is 6.07 Å². The summed E-state index contributed by atoms with van der Waals surface area (Å²) in [5.74, 6) is -0.590. The van der Waals surface area contributed by atoms with Gasteiger partial charge < -0.3 is 15.1 Å². The molecule has 1 N–H and O–H groups in total. The Labute approximate surface area is 134 Å². The quantitative estimate of drug-likeness (QED) is 0.745. The molecule has 2 saturated heterocycles. The second-order valence-corrected chi connectivity index (χ2v) is 5.64. The number of hydrogen-bond donors (Lipinski definition) is 1. The molecule has 2 aliphatic heterocycles. The van der Waals surface area contributed by atoms with E-state index in [1.165, 1.54) is 7.05 Å². The summed E-state index contributed by atoms with van der Waals surface area (Å²) >= 11 is 0. The molecule has 3 rings (SSSR count). The fraction of sp³-hybridized carbons (Fsp3) is 0.467. The molecule has 1 aromatic rings. The Balaban J connectivity index is 1.60. The number of pyridine rings is 1. The maximum Gasteiger partial charge on any atom is 0.323 e. The number of piperazine rings is 1. The molecule has 3 heterocycles. The third-order valence-corrected chi connectivity index (χ3v) is 4.25. The highest BCUT2D eigenvalue weighted by molar-refractivity contribution is 6.08. The molecule has 1 aromatic heterocycles. The Kier molecular flexibility index (Phi) is 4.14. The van der Waals surface area contributed by atoms with Crippen LogP contribution in [0.1, 0.15) is 0 Å². The van der Waals surface area contributed by atoms with E-state index in [1.54, 1.807) is 11.1 Å². The molecular weight excluding hydrogens is 298 g/mol. The number of nitrogens with one attached hydrogen (secondary N) is 1. The van der Waals surface area contributed by atoms with Crippen molar-refractivity contribution in [1.82, 2.24) is 20.1 Å². The predicted molar refractivity (Wildman–Crippen MR) is 82.7 cm³/mol. The van der Waals surface area contributed by atoms with Gasteiger partial charge in [-0.2, -0.15) is 0 Å². The van der Waals surface area contributed by atoms with Gasteiger partial charge in [-0.3, -0.25) is 14.5 Å². The van der Waals surface area contributed by atoms with Gasteiger partial charge in [-0.25, -0.2) is 9.78 Å². The lowest BCUT2D eigenvalue weighted by molar-refractivity contribution is -0.146. The number of hydrogen-bond acceptors (Lipinski definition) is 5. The van der Waals surface area contributed by atoms with Crippen LogP contribution in [-0.2, 0) is 9.59 Å². The Bertz CT molecular complexity index is 613. The first-order valence-corrected chi connectivity index (χ1v) is 7.58. The van der Waals surface area contributed by atoms with Crippen LogP contribution in [0.4, 0.5) is 10.6 Å². The lowest BCUT2D eigenvalue weighted by Crippen LogP contribution is -2.59. The summed E-state index contributed by atoms with van der Waals surface area (Å²) in [7, 11) is 1.39. The van der Waals surface area contributed by atoms with Crippen molar-refractivity contribution in [1.29, 1.82) is 0 Å². The molecule has 0 radical (unpaired) electrons. The molecule has 23 heavy (non-hydrogen) atoms. The van der Waals surface area contributed by atoms with Crippen molar-refractivity contribution in [2.24, 2.45) is 5.92 Å². The van der Waals surface area contributed by atoms with Gasteiger partial charge in [0.15, 0.2) is 0 Å². The SMILES string of the molecule is CN1C(=O)NCC(C(=O)N2CCN(c3ccccn3)CC2)C1=O. The van der Waals surface area contributed by atoms with Crippen molar-refractivity contribution >= 4 is 23.7 Å². The van der Waals surface area contributed by atoms with Crippen LogP contribution in [0, 0.1) is 5.92 Å². The van der Waals surface area contributed by atoms with E-state index in [2.05, 4.69) is 15.2 Å². The summed E-state index contributed by atoms with van der Waals surface area (Å²) in [6.07, 6.45) is 1.74. The topological polar surface area (TPSA) is 85.8 Å². The molecule has 122 valence electrons. The van der Waals surface area contributed by atoms with E-state index in [9.17, 15) is 14.4 Å². The van der Waals surface area contributed by atoms with E-state index >= 15 is 0 Å². The predicted octanol–water partition coefficient (Wildman–Crippen LogP) is -0.472. The fourth-order valence-electron chi connectivity index (χ4n) is 2.84. The number of imide groups is 1. The van der Waals surface area contributed by atoms with Gasteiger partial charge in [0.05, 0.1) is 0 Å². The third kappa shape index (κ3) is 2.96. The maximum absolute atomic E-state index is 12.6. The van der Waals surface area contributed by atoms with Gasteiger partial charge in [-0.15, -0.1) is 0 Å². The molecule has 8 nitrogen and oxygen atoms in total. The summed E-state index contributed by atoms with van der Waals surface area (Å²) in [5, 5.41) is 2.57. The van der Waals surface area contributed by atoms with E-state index in [0.717, 1.165) is 10.7 Å². The minimum Gasteiger partial charge on any atom is -0.353 e. The van der Waals surface area contributed by atoms with Crippen LogP contribution in [-0.4, -0.2) is 72.4 Å². The monoisotopic (exact) mass is 317 g/mol. The normalized spacial score (nSPS) is 22.1. The van der Waals surface area contributed by atoms with Crippen LogP contribution in [0.2, 0.25) is 0 Å². The second kappa shape index (κ2) is 6.23. The summed E-state index contributed by atoms with van der Waals surface area (Å²) < 4.78 is 0. The molecule has 2 fully saturated rings. The number of aromatic nitrogens is 1. The van der Waals surface area contributed by atoms with Crippen molar-refractivity contribution in [2.75, 3.05) is 44.7 Å². The molecule has 1 atom stereocenters. The minimum absolute atomic E-state index is 0.0707. The minimum atomic E-state index is -0.820. The first-order valence-electron chi connectivity index (χ1n) is 7.58. The molecule has 0 bridgehead atoms. The van der Waals surface area contributed by atoms with Crippen LogP contribution in [0.5, 0.6) is 0 Å². The van der Waals surface area contributed by atoms with E-state index in [0.29, 0.717) is 26.2 Å². The van der Waals surface area contributed by atoms with Crippen molar-refractivity contribution in [3.8, 4) is 0 Å². The van der Waals surface area contributed by atoms with Crippen LogP contribution in [0.3, 0.4) is 0 Å². The van der Waals surface area contributed by atoms with Crippen LogP contribution in [0.15, 0.2) is 24.4 Å². The molecule has 4 amide bonds. The van der Waals surface area contributed by atoms with E-state index in [4.69, 9.17) is 0 Å². The Hall–Kier alpha value is -2.64. The number of anilines is 1. The summed E-state index contributed by atoms with van der Waals surface area (Å²) in [4.78, 5) is 45.1. The van der Waals surface area contributed by atoms with Crippen LogP contribution in [0.25, 0.3) is 0 Å². The zero-order valence-electron chi connectivity index (χ0n) is 12.9. The number of amides is 4. The van der Waals surface area contributed by atoms with Gasteiger partial charge in [0.25, 0.3) is 0 Å². The molecule has 0 aromatic carbocycles. The maximum atomic E-state index is 12.6. The summed E-state index contributed by atoms with van der Waals surface area (Å²) in [6.45, 7) is 2.49. The number of rotatable bonds is 2. The van der Waals surface area contributed by atoms with Gasteiger partial charge in [-0.05, 0) is 12.1 Å². The molecule has 2 aliphatic rings. The highest BCUT2D eigenvalue weighted by atomic mass is 16.2. The standard InChI is InChI=1S/C15H19N5O3/c1-18-13(21)11(10-17-15(18)23)14(22)20-8-6-19(7-9-20)12-4-2-3-5-16-12/h2-5,11H,6-10H2,1H3,(H,17,23). The fourth-order valence-corrected chi connectivity index (χ4v) is 2.84. The van der Waals surface area contributed by atoms with Crippen LogP contribution < -0.4 is 10.2 Å². The highest BCUT2D eigenvalue weighted by Gasteiger charge is 2.39. The summed E-state index contributed by atoms with van der Waals surface area (Å²) in [5.41, 5.74) is 0. The largest absolute Gasteiger partial charge is 0.353 e. The molecule has 0 spiro atoms. The smallest absolute Gasteiger partial charge is 0.323 e. The Morgan fingerprint density at radius 2 is 1.96 bits per heavy atom. The molecular formula is C15H19N5O3. The van der Waals surface area contributed by atoms with Gasteiger partial charge in [0.1, 0.15) is 11.7 Å². The number of carbonyl (C=O) groups excluding carboxylic acids is 3. The molecule has 0 saturated carbocycles. The second-order valence-electron chi connectivity index (χ2n) is 5.64. The van der Waals surface area contributed by atoms with Gasteiger partial charge in [0, 0.05) is 46.0 Å². The van der Waals surface area contributed by atoms with Crippen molar-refractivity contribution in [3.63, 3.8) is 0 Å². The van der Waals surface area contributed by atoms with Crippen molar-refractivity contribution in [3.05, 3.63) is 24.4 Å². The average Bonchev–Trinajstić information content (AvgIpc) is 2.60. The van der Waals surface area contributed by atoms with Gasteiger partial charge in [0.2, 0.25) is 11.8 Å². The third-order valence-electron chi connectivity index (χ3n) is 4.25. The average molecular weight is 317 g/mol. The lowest BCUT2D eigenvalue weighted by Gasteiger charge is -2.38. The zero-order chi connectivity index (χ0) is 16.4. The van der Waals surface area contributed by atoms with Crippen molar-refractivity contribution in [2.45, 2.75) is 0 Å². The number of nitrogens with zero attached hydrogens (tertiary/aromatic N) is 4. The Morgan fingerprint density at radius 1 is 1.22 bits per heavy atom. The lowest BCUT2D eigenvalue weighted by atomic mass is 10.0. The van der Waals surface area contributed by atoms with Crippen molar-refractivity contribution < 1.29 is 14.4 Å². The first-order chi connectivity index (χ1) is 11.1. The number of urea groups is 1. The van der Waals surface area contributed by atoms with E-state index in [1.807, 2.05) is 18.2 Å².